The van der Waals surface area contributed by atoms with Crippen LogP contribution >= 0.6 is 50.4 Å². The highest BCUT2D eigenvalue weighted by atomic mass is 79.9. The van der Waals surface area contributed by atoms with Gasteiger partial charge < -0.3 is 0 Å². The topological polar surface area (TPSA) is 0 Å². The Bertz CT molecular complexity index is 708. The number of hydrogen-bond acceptors (Lipinski definition) is 3. The highest BCUT2D eigenvalue weighted by Crippen LogP contribution is 2.48. The predicted octanol–water partition coefficient (Wildman–Crippen LogP) is 5.53. The van der Waals surface area contributed by atoms with Crippen molar-refractivity contribution in [3.63, 3.8) is 0 Å². The molecule has 0 bridgehead atoms. The van der Waals surface area contributed by atoms with Crippen LogP contribution in [0.5, 0.6) is 0 Å². The van der Waals surface area contributed by atoms with Gasteiger partial charge in [0.1, 0.15) is 0 Å². The second-order valence-electron chi connectivity index (χ2n) is 3.86. The largest absolute Gasteiger partial charge is 0.143 e. The van der Waals surface area contributed by atoms with E-state index in [0.717, 1.165) is 0 Å². The maximum Gasteiger partial charge on any atom is 0.0711 e. The third-order valence-electron chi connectivity index (χ3n) is 3.00. The minimum atomic E-state index is 1.24. The van der Waals surface area contributed by atoms with Gasteiger partial charge in [0.25, 0.3) is 0 Å². The summed E-state index contributed by atoms with van der Waals surface area (Å²) < 4.78 is 4.22. The Morgan fingerprint density at radius 1 is 1.19 bits per heavy atom. The lowest BCUT2D eigenvalue weighted by Gasteiger charge is -2.02. The first kappa shape index (κ1) is 9.95. The van der Waals surface area contributed by atoms with Gasteiger partial charge in [0, 0.05) is 30.8 Å². The molecular weight excluding hydrogens is 320 g/mol. The smallest absolute Gasteiger partial charge is 0.0711 e. The van der Waals surface area contributed by atoms with E-state index in [-0.39, 0.29) is 0 Å². The molecule has 4 rings (SSSR count). The number of thiophene rings is 2. The van der Waals surface area contributed by atoms with E-state index in [1.165, 1.54) is 41.0 Å². The number of aryl methyl sites for hydroxylation is 1. The summed E-state index contributed by atoms with van der Waals surface area (Å²) in [5, 5.41) is 5.14. The molecule has 4 heteroatoms. The first-order chi connectivity index (χ1) is 7.84. The number of hydrogen-bond donors (Lipinski definition) is 0. The number of thioether (sulfide) groups is 1. The van der Waals surface area contributed by atoms with Gasteiger partial charge in [0.05, 0.1) is 3.79 Å². The summed E-state index contributed by atoms with van der Waals surface area (Å²) in [6.07, 6.45) is 1.24. The van der Waals surface area contributed by atoms with Crippen LogP contribution in [0.4, 0.5) is 0 Å². The van der Waals surface area contributed by atoms with Crippen molar-refractivity contribution < 1.29 is 0 Å². The van der Waals surface area contributed by atoms with E-state index in [9.17, 15) is 0 Å². The van der Waals surface area contributed by atoms with E-state index in [2.05, 4.69) is 33.4 Å². The molecule has 3 aromatic rings. The lowest BCUT2D eigenvalue weighted by Crippen LogP contribution is -1.81. The molecule has 1 aliphatic rings. The van der Waals surface area contributed by atoms with Gasteiger partial charge in [-0.3, -0.25) is 0 Å². The van der Waals surface area contributed by atoms with Gasteiger partial charge in [-0.1, -0.05) is 0 Å². The first-order valence-corrected chi connectivity index (χ1v) is 8.56. The average molecular weight is 327 g/mol. The zero-order valence-electron chi connectivity index (χ0n) is 8.25. The standard InChI is InChI=1S/C12H7BrS3/c13-9-5-8-11-6(1-3-15-11)10-7(2-4-14-10)12(8)16-9/h2,4-5H,1,3H2. The van der Waals surface area contributed by atoms with Crippen molar-refractivity contribution in [1.82, 2.24) is 0 Å². The predicted molar refractivity (Wildman–Crippen MR) is 79.3 cm³/mol. The van der Waals surface area contributed by atoms with Crippen LogP contribution in [0.15, 0.2) is 26.2 Å². The van der Waals surface area contributed by atoms with Gasteiger partial charge in [-0.15, -0.1) is 34.4 Å². The van der Waals surface area contributed by atoms with Crippen LogP contribution in [0, 0.1) is 0 Å². The van der Waals surface area contributed by atoms with E-state index in [1.54, 1.807) is 5.56 Å². The summed E-state index contributed by atoms with van der Waals surface area (Å²) in [7, 11) is 0. The van der Waals surface area contributed by atoms with Crippen LogP contribution in [0.25, 0.3) is 20.2 Å². The summed E-state index contributed by atoms with van der Waals surface area (Å²) in [6.45, 7) is 0. The fourth-order valence-corrected chi connectivity index (χ4v) is 6.38. The second-order valence-corrected chi connectivity index (χ2v) is 8.32. The van der Waals surface area contributed by atoms with Crippen molar-refractivity contribution in [1.29, 1.82) is 0 Å². The van der Waals surface area contributed by atoms with Gasteiger partial charge in [-0.2, -0.15) is 0 Å². The number of halogens is 1. The lowest BCUT2D eigenvalue weighted by molar-refractivity contribution is 1.19. The molecule has 0 unspecified atom stereocenters. The highest BCUT2D eigenvalue weighted by molar-refractivity contribution is 9.11. The Labute approximate surface area is 114 Å². The molecule has 2 aromatic heterocycles. The van der Waals surface area contributed by atoms with Crippen LogP contribution in [-0.4, -0.2) is 5.75 Å². The van der Waals surface area contributed by atoms with Crippen molar-refractivity contribution in [3.8, 4) is 0 Å². The zero-order valence-corrected chi connectivity index (χ0v) is 12.3. The van der Waals surface area contributed by atoms with Crippen LogP contribution in [-0.2, 0) is 6.42 Å². The minimum absolute atomic E-state index is 1.24. The van der Waals surface area contributed by atoms with Gasteiger partial charge in [0.15, 0.2) is 0 Å². The van der Waals surface area contributed by atoms with Gasteiger partial charge in [0.2, 0.25) is 0 Å². The molecule has 1 aromatic carbocycles. The number of rotatable bonds is 0. The van der Waals surface area contributed by atoms with Crippen LogP contribution < -0.4 is 0 Å². The SMILES string of the molecule is Brc1cc2c3c(c4sccc4c2s1)CCS3. The lowest BCUT2D eigenvalue weighted by atomic mass is 10.1. The summed E-state index contributed by atoms with van der Waals surface area (Å²) in [6, 6.07) is 4.56. The van der Waals surface area contributed by atoms with E-state index in [0.29, 0.717) is 0 Å². The molecule has 0 atom stereocenters. The molecule has 0 fully saturated rings. The van der Waals surface area contributed by atoms with Crippen molar-refractivity contribution in [2.75, 3.05) is 5.75 Å². The molecule has 0 nitrogen and oxygen atoms in total. The Kier molecular flexibility index (Phi) is 2.16. The number of benzene rings is 1. The molecule has 0 N–H and O–H groups in total. The fraction of sp³-hybridized carbons (Fsp3) is 0.167. The van der Waals surface area contributed by atoms with Crippen LogP contribution in [0.1, 0.15) is 5.56 Å². The third-order valence-corrected chi connectivity index (χ3v) is 6.81. The van der Waals surface area contributed by atoms with Gasteiger partial charge in [-0.25, -0.2) is 0 Å². The van der Waals surface area contributed by atoms with E-state index in [1.807, 2.05) is 34.4 Å². The summed E-state index contributed by atoms with van der Waals surface area (Å²) >= 11 is 9.40. The summed E-state index contributed by atoms with van der Waals surface area (Å²) in [5.41, 5.74) is 1.59. The molecular formula is C12H7BrS3. The maximum atomic E-state index is 3.62. The molecule has 16 heavy (non-hydrogen) atoms. The molecule has 3 heterocycles. The summed E-state index contributed by atoms with van der Waals surface area (Å²) in [5.74, 6) is 1.24. The third kappa shape index (κ3) is 1.22. The monoisotopic (exact) mass is 326 g/mol. The van der Waals surface area contributed by atoms with Gasteiger partial charge >= 0.3 is 0 Å². The average Bonchev–Trinajstić information content (AvgIpc) is 2.91. The zero-order chi connectivity index (χ0) is 10.7. The normalized spacial score (nSPS) is 15.1. The quantitative estimate of drug-likeness (QED) is 0.523. The molecule has 0 amide bonds. The molecule has 0 spiro atoms. The highest BCUT2D eigenvalue weighted by Gasteiger charge is 2.21. The molecule has 0 radical (unpaired) electrons. The van der Waals surface area contributed by atoms with E-state index in [4.69, 9.17) is 0 Å². The summed E-state index contributed by atoms with van der Waals surface area (Å²) in [4.78, 5) is 1.53. The fourth-order valence-electron chi connectivity index (χ4n) is 2.36. The number of fused-ring (bicyclic) bond motifs is 6. The Morgan fingerprint density at radius 3 is 3.06 bits per heavy atom. The van der Waals surface area contributed by atoms with E-state index < -0.39 is 0 Å². The minimum Gasteiger partial charge on any atom is -0.143 e. The molecule has 0 saturated carbocycles. The maximum absolute atomic E-state index is 3.62. The van der Waals surface area contributed by atoms with Crippen molar-refractivity contribution in [2.24, 2.45) is 0 Å². The van der Waals surface area contributed by atoms with Crippen LogP contribution in [0.2, 0.25) is 0 Å². The molecule has 0 aliphatic carbocycles. The van der Waals surface area contributed by atoms with Crippen molar-refractivity contribution >= 4 is 70.5 Å². The Balaban J connectivity index is 2.34. The first-order valence-electron chi connectivity index (χ1n) is 5.08. The Hall–Kier alpha value is -0.0300. The molecule has 0 saturated heterocycles. The van der Waals surface area contributed by atoms with Crippen molar-refractivity contribution in [2.45, 2.75) is 11.3 Å². The molecule has 80 valence electrons. The van der Waals surface area contributed by atoms with Crippen LogP contribution in [0.3, 0.4) is 0 Å². The van der Waals surface area contributed by atoms with Crippen molar-refractivity contribution in [3.05, 3.63) is 26.9 Å². The Morgan fingerprint density at radius 2 is 2.12 bits per heavy atom. The molecule has 1 aliphatic heterocycles. The van der Waals surface area contributed by atoms with E-state index >= 15 is 0 Å². The van der Waals surface area contributed by atoms with Gasteiger partial charge in [-0.05, 0) is 45.4 Å². The second kappa shape index (κ2) is 3.48.